The molecule has 0 bridgehead atoms. The lowest BCUT2D eigenvalue weighted by molar-refractivity contribution is -0.142. The number of hydrogen-bond acceptors (Lipinski definition) is 2. The van der Waals surface area contributed by atoms with Crippen molar-refractivity contribution < 1.29 is 23.5 Å². The summed E-state index contributed by atoms with van der Waals surface area (Å²) < 4.78 is 27.0. The molecule has 0 saturated heterocycles. The fourth-order valence-corrected chi connectivity index (χ4v) is 3.43. The summed E-state index contributed by atoms with van der Waals surface area (Å²) in [5, 5.41) is 11.9. The van der Waals surface area contributed by atoms with Gasteiger partial charge in [-0.2, -0.15) is 0 Å². The Morgan fingerprint density at radius 2 is 1.83 bits per heavy atom. The van der Waals surface area contributed by atoms with Gasteiger partial charge in [-0.05, 0) is 49.7 Å². The van der Waals surface area contributed by atoms with Crippen LogP contribution in [0.25, 0.3) is 0 Å². The Morgan fingerprint density at radius 1 is 1.13 bits per heavy atom. The van der Waals surface area contributed by atoms with Crippen LogP contribution in [0.4, 0.5) is 8.78 Å². The maximum atomic E-state index is 13.7. The third-order valence-electron chi connectivity index (χ3n) is 4.93. The van der Waals surface area contributed by atoms with E-state index in [-0.39, 0.29) is 35.3 Å². The van der Waals surface area contributed by atoms with E-state index in [2.05, 4.69) is 5.32 Å². The van der Waals surface area contributed by atoms with Gasteiger partial charge in [-0.1, -0.05) is 12.1 Å². The molecule has 4 nitrogen and oxygen atoms in total. The summed E-state index contributed by atoms with van der Waals surface area (Å²) in [7, 11) is 0. The van der Waals surface area contributed by atoms with Gasteiger partial charge >= 0.3 is 5.97 Å². The summed E-state index contributed by atoms with van der Waals surface area (Å²) >= 11 is 0. The highest BCUT2D eigenvalue weighted by Gasteiger charge is 2.46. The van der Waals surface area contributed by atoms with Crippen LogP contribution >= 0.6 is 0 Å². The monoisotopic (exact) mass is 323 g/mol. The van der Waals surface area contributed by atoms with Crippen LogP contribution in [-0.2, 0) is 9.59 Å². The number of halogens is 2. The summed E-state index contributed by atoms with van der Waals surface area (Å²) in [6.45, 7) is 0. The second-order valence-corrected chi connectivity index (χ2v) is 6.49. The zero-order valence-corrected chi connectivity index (χ0v) is 12.6. The molecular weight excluding hydrogens is 304 g/mol. The molecule has 1 aromatic carbocycles. The van der Waals surface area contributed by atoms with Gasteiger partial charge in [0.05, 0.1) is 5.92 Å². The lowest BCUT2D eigenvalue weighted by Gasteiger charge is -2.26. The second kappa shape index (κ2) is 6.26. The van der Waals surface area contributed by atoms with Crippen LogP contribution in [-0.4, -0.2) is 23.0 Å². The van der Waals surface area contributed by atoms with Crippen molar-refractivity contribution in [2.75, 3.05) is 0 Å². The molecule has 124 valence electrons. The molecule has 1 aromatic rings. The van der Waals surface area contributed by atoms with Crippen molar-refractivity contribution in [2.24, 2.45) is 11.8 Å². The third kappa shape index (κ3) is 3.35. The van der Waals surface area contributed by atoms with Crippen molar-refractivity contribution in [2.45, 2.75) is 44.1 Å². The van der Waals surface area contributed by atoms with Crippen LogP contribution in [0.5, 0.6) is 0 Å². The van der Waals surface area contributed by atoms with E-state index in [0.29, 0.717) is 32.1 Å². The van der Waals surface area contributed by atoms with E-state index in [1.54, 1.807) is 0 Å². The number of benzene rings is 1. The van der Waals surface area contributed by atoms with E-state index < -0.39 is 17.6 Å². The number of aliphatic carboxylic acids is 1. The van der Waals surface area contributed by atoms with Gasteiger partial charge in [-0.3, -0.25) is 9.59 Å². The van der Waals surface area contributed by atoms with Gasteiger partial charge in [0.2, 0.25) is 5.91 Å². The first kappa shape index (κ1) is 15.9. The van der Waals surface area contributed by atoms with Gasteiger partial charge in [0.25, 0.3) is 0 Å². The number of nitrogens with one attached hydrogen (secondary N) is 1. The zero-order chi connectivity index (χ0) is 16.6. The average Bonchev–Trinajstić information content (AvgIpc) is 3.31. The minimum Gasteiger partial charge on any atom is -0.481 e. The van der Waals surface area contributed by atoms with E-state index in [1.165, 1.54) is 12.1 Å². The lowest BCUT2D eigenvalue weighted by atomic mass is 9.86. The van der Waals surface area contributed by atoms with Gasteiger partial charge in [0.1, 0.15) is 0 Å². The molecule has 2 saturated carbocycles. The molecule has 0 aliphatic heterocycles. The number of rotatable bonds is 4. The van der Waals surface area contributed by atoms with Crippen LogP contribution in [0.3, 0.4) is 0 Å². The summed E-state index contributed by atoms with van der Waals surface area (Å²) in [6.07, 6.45) is 2.94. The highest BCUT2D eigenvalue weighted by atomic mass is 19.2. The number of carboxylic acids is 1. The Hall–Kier alpha value is -1.98. The van der Waals surface area contributed by atoms with Crippen molar-refractivity contribution >= 4 is 11.9 Å². The predicted octanol–water partition coefficient (Wildman–Crippen LogP) is 2.83. The zero-order valence-electron chi connectivity index (χ0n) is 12.6. The first-order valence-electron chi connectivity index (χ1n) is 7.94. The summed E-state index contributed by atoms with van der Waals surface area (Å²) in [5.41, 5.74) is 0.264. The standard InChI is InChI=1S/C17H19F2NO3/c18-14-3-1-2-11(15(14)19)12-8-13(12)16(21)20-10-6-4-9(5-7-10)17(22)23/h1-3,9-10,12-13H,4-8H2,(H,20,21)(H,22,23)/t9?,10?,12-,13-/m1/s1. The lowest BCUT2D eigenvalue weighted by Crippen LogP contribution is -2.39. The van der Waals surface area contributed by atoms with Crippen molar-refractivity contribution in [3.05, 3.63) is 35.4 Å². The fourth-order valence-electron chi connectivity index (χ4n) is 3.43. The Morgan fingerprint density at radius 3 is 2.48 bits per heavy atom. The van der Waals surface area contributed by atoms with E-state index in [9.17, 15) is 18.4 Å². The third-order valence-corrected chi connectivity index (χ3v) is 4.93. The molecule has 2 N–H and O–H groups in total. The van der Waals surface area contributed by atoms with Gasteiger partial charge in [0, 0.05) is 12.0 Å². The van der Waals surface area contributed by atoms with Crippen molar-refractivity contribution in [1.82, 2.24) is 5.32 Å². The van der Waals surface area contributed by atoms with E-state index >= 15 is 0 Å². The number of carbonyl (C=O) groups is 2. The van der Waals surface area contributed by atoms with Crippen LogP contribution < -0.4 is 5.32 Å². The SMILES string of the molecule is O=C(O)C1CCC(NC(=O)[C@@H]2C[C@@H]2c2cccc(F)c2F)CC1. The number of amides is 1. The smallest absolute Gasteiger partial charge is 0.306 e. The minimum absolute atomic E-state index is 0.0169. The number of carbonyl (C=O) groups excluding carboxylic acids is 1. The highest BCUT2D eigenvalue weighted by Crippen LogP contribution is 2.48. The summed E-state index contributed by atoms with van der Waals surface area (Å²) in [5.74, 6) is -3.57. The molecule has 6 heteroatoms. The molecule has 0 heterocycles. The molecule has 2 atom stereocenters. The molecule has 0 radical (unpaired) electrons. The minimum atomic E-state index is -0.888. The van der Waals surface area contributed by atoms with Crippen molar-refractivity contribution in [3.63, 3.8) is 0 Å². The predicted molar refractivity (Wildman–Crippen MR) is 78.7 cm³/mol. The fraction of sp³-hybridized carbons (Fsp3) is 0.529. The molecule has 0 unspecified atom stereocenters. The molecule has 1 amide bonds. The van der Waals surface area contributed by atoms with E-state index in [4.69, 9.17) is 5.11 Å². The molecule has 2 aliphatic carbocycles. The Bertz CT molecular complexity index is 626. The van der Waals surface area contributed by atoms with Gasteiger partial charge in [0.15, 0.2) is 11.6 Å². The Balaban J connectivity index is 1.53. The van der Waals surface area contributed by atoms with Crippen LogP contribution in [0, 0.1) is 23.5 Å². The van der Waals surface area contributed by atoms with Gasteiger partial charge < -0.3 is 10.4 Å². The van der Waals surface area contributed by atoms with E-state index in [0.717, 1.165) is 6.07 Å². The van der Waals surface area contributed by atoms with E-state index in [1.807, 2.05) is 0 Å². The molecule has 0 aromatic heterocycles. The molecule has 0 spiro atoms. The first-order chi connectivity index (χ1) is 11.0. The average molecular weight is 323 g/mol. The Labute approximate surface area is 132 Å². The molecule has 2 fully saturated rings. The van der Waals surface area contributed by atoms with Crippen LogP contribution in [0.1, 0.15) is 43.6 Å². The molecule has 2 aliphatic rings. The largest absolute Gasteiger partial charge is 0.481 e. The normalized spacial score (nSPS) is 29.8. The summed E-state index contributed by atoms with van der Waals surface area (Å²) in [4.78, 5) is 23.1. The van der Waals surface area contributed by atoms with Crippen molar-refractivity contribution in [3.8, 4) is 0 Å². The van der Waals surface area contributed by atoms with Crippen LogP contribution in [0.15, 0.2) is 18.2 Å². The number of hydrogen-bond donors (Lipinski definition) is 2. The quantitative estimate of drug-likeness (QED) is 0.895. The molecule has 3 rings (SSSR count). The maximum Gasteiger partial charge on any atom is 0.306 e. The van der Waals surface area contributed by atoms with Gasteiger partial charge in [-0.25, -0.2) is 8.78 Å². The van der Waals surface area contributed by atoms with Gasteiger partial charge in [-0.15, -0.1) is 0 Å². The number of carboxylic acid groups (broad SMARTS) is 1. The molecular formula is C17H19F2NO3. The first-order valence-corrected chi connectivity index (χ1v) is 7.94. The Kier molecular flexibility index (Phi) is 4.33. The maximum absolute atomic E-state index is 13.7. The molecule has 23 heavy (non-hydrogen) atoms. The highest BCUT2D eigenvalue weighted by molar-refractivity contribution is 5.83. The van der Waals surface area contributed by atoms with Crippen LogP contribution in [0.2, 0.25) is 0 Å². The second-order valence-electron chi connectivity index (χ2n) is 6.49. The van der Waals surface area contributed by atoms with Crippen molar-refractivity contribution in [1.29, 1.82) is 0 Å². The topological polar surface area (TPSA) is 66.4 Å². The summed E-state index contributed by atoms with van der Waals surface area (Å²) in [6, 6.07) is 4.02.